The molecule has 0 aromatic carbocycles. The highest BCUT2D eigenvalue weighted by Crippen LogP contribution is 2.19. The standard InChI is InChI=1S/C12H16N4O3/c1-8(17)14-3-2-10(18)12(19)9-6-15-11-7-13-4-5-16(9)11/h4-7,10,12,18-19H,2-3H2,1H3,(H,14,17). The Bertz CT molecular complexity index is 569. The van der Waals surface area contributed by atoms with Gasteiger partial charge in [-0.2, -0.15) is 0 Å². The highest BCUT2D eigenvalue weighted by Gasteiger charge is 2.21. The molecule has 19 heavy (non-hydrogen) atoms. The molecule has 102 valence electrons. The van der Waals surface area contributed by atoms with Crippen LogP contribution in [0.15, 0.2) is 24.8 Å². The van der Waals surface area contributed by atoms with Gasteiger partial charge in [-0.05, 0) is 6.42 Å². The van der Waals surface area contributed by atoms with Crippen molar-refractivity contribution in [3.8, 4) is 0 Å². The van der Waals surface area contributed by atoms with Crippen LogP contribution in [0.5, 0.6) is 0 Å². The molecular weight excluding hydrogens is 248 g/mol. The van der Waals surface area contributed by atoms with Crippen LogP contribution in [0.3, 0.4) is 0 Å². The first-order valence-corrected chi connectivity index (χ1v) is 5.97. The molecule has 0 bridgehead atoms. The molecule has 0 fully saturated rings. The van der Waals surface area contributed by atoms with Crippen LogP contribution in [-0.2, 0) is 4.79 Å². The zero-order valence-electron chi connectivity index (χ0n) is 10.5. The number of hydrogen-bond donors (Lipinski definition) is 3. The molecule has 2 rings (SSSR count). The van der Waals surface area contributed by atoms with Crippen molar-refractivity contribution in [2.75, 3.05) is 6.54 Å². The summed E-state index contributed by atoms with van der Waals surface area (Å²) in [6, 6.07) is 0. The molecule has 7 heteroatoms. The number of aromatic nitrogens is 3. The van der Waals surface area contributed by atoms with E-state index in [-0.39, 0.29) is 12.3 Å². The first-order valence-electron chi connectivity index (χ1n) is 5.97. The average Bonchev–Trinajstić information content (AvgIpc) is 2.81. The molecule has 0 aliphatic heterocycles. The van der Waals surface area contributed by atoms with E-state index in [1.165, 1.54) is 13.1 Å². The summed E-state index contributed by atoms with van der Waals surface area (Å²) in [6.45, 7) is 1.71. The lowest BCUT2D eigenvalue weighted by Crippen LogP contribution is -2.28. The van der Waals surface area contributed by atoms with Crippen molar-refractivity contribution >= 4 is 11.6 Å². The summed E-state index contributed by atoms with van der Waals surface area (Å²) in [5.41, 5.74) is 1.10. The summed E-state index contributed by atoms with van der Waals surface area (Å²) < 4.78 is 1.67. The third kappa shape index (κ3) is 3.07. The minimum Gasteiger partial charge on any atom is -0.390 e. The second kappa shape index (κ2) is 5.77. The second-order valence-electron chi connectivity index (χ2n) is 4.27. The van der Waals surface area contributed by atoms with E-state index in [2.05, 4.69) is 15.3 Å². The highest BCUT2D eigenvalue weighted by atomic mass is 16.3. The van der Waals surface area contributed by atoms with E-state index in [0.717, 1.165) is 0 Å². The van der Waals surface area contributed by atoms with E-state index < -0.39 is 12.2 Å². The summed E-state index contributed by atoms with van der Waals surface area (Å²) in [4.78, 5) is 18.7. The largest absolute Gasteiger partial charge is 0.390 e. The van der Waals surface area contributed by atoms with Crippen LogP contribution in [0.4, 0.5) is 0 Å². The van der Waals surface area contributed by atoms with Gasteiger partial charge in [0.1, 0.15) is 6.10 Å². The Balaban J connectivity index is 2.06. The first-order chi connectivity index (χ1) is 9.09. The SMILES string of the molecule is CC(=O)NCCC(O)C(O)c1cnc2cnccn12. The van der Waals surface area contributed by atoms with E-state index >= 15 is 0 Å². The van der Waals surface area contributed by atoms with Crippen LogP contribution in [0.25, 0.3) is 5.65 Å². The number of fused-ring (bicyclic) bond motifs is 1. The minimum atomic E-state index is -1.06. The number of imidazole rings is 1. The van der Waals surface area contributed by atoms with Gasteiger partial charge < -0.3 is 15.5 Å². The Morgan fingerprint density at radius 1 is 1.47 bits per heavy atom. The monoisotopic (exact) mass is 264 g/mol. The maximum atomic E-state index is 10.7. The van der Waals surface area contributed by atoms with Gasteiger partial charge in [0.25, 0.3) is 0 Å². The number of carbonyl (C=O) groups is 1. The topological polar surface area (TPSA) is 99.8 Å². The van der Waals surface area contributed by atoms with Crippen molar-refractivity contribution < 1.29 is 15.0 Å². The van der Waals surface area contributed by atoms with Gasteiger partial charge >= 0.3 is 0 Å². The van der Waals surface area contributed by atoms with Gasteiger partial charge in [-0.25, -0.2) is 4.98 Å². The van der Waals surface area contributed by atoms with Gasteiger partial charge in [0.15, 0.2) is 5.65 Å². The van der Waals surface area contributed by atoms with Crippen molar-refractivity contribution in [1.29, 1.82) is 0 Å². The third-order valence-corrected chi connectivity index (χ3v) is 2.83. The summed E-state index contributed by atoms with van der Waals surface area (Å²) >= 11 is 0. The number of amides is 1. The summed E-state index contributed by atoms with van der Waals surface area (Å²) in [5, 5.41) is 22.6. The number of hydrogen-bond acceptors (Lipinski definition) is 5. The molecule has 2 heterocycles. The summed E-state index contributed by atoms with van der Waals surface area (Å²) in [6.07, 6.45) is 4.55. The molecular formula is C12H16N4O3. The molecule has 0 saturated carbocycles. The molecule has 2 aromatic rings. The zero-order valence-corrected chi connectivity index (χ0v) is 10.5. The Labute approximate surface area is 109 Å². The van der Waals surface area contributed by atoms with Crippen LogP contribution in [0, 0.1) is 0 Å². The van der Waals surface area contributed by atoms with Crippen LogP contribution < -0.4 is 5.32 Å². The molecule has 2 unspecified atom stereocenters. The summed E-state index contributed by atoms with van der Waals surface area (Å²) in [7, 11) is 0. The molecule has 2 atom stereocenters. The van der Waals surface area contributed by atoms with Crippen molar-refractivity contribution in [1.82, 2.24) is 19.7 Å². The van der Waals surface area contributed by atoms with Crippen molar-refractivity contribution in [2.24, 2.45) is 0 Å². The molecule has 0 spiro atoms. The lowest BCUT2D eigenvalue weighted by Gasteiger charge is -2.17. The Hall–Kier alpha value is -1.99. The normalized spacial score (nSPS) is 14.3. The van der Waals surface area contributed by atoms with Gasteiger partial charge in [0, 0.05) is 25.9 Å². The van der Waals surface area contributed by atoms with E-state index in [4.69, 9.17) is 0 Å². The van der Waals surface area contributed by atoms with E-state index in [9.17, 15) is 15.0 Å². The van der Waals surface area contributed by atoms with Gasteiger partial charge in [-0.3, -0.25) is 14.2 Å². The van der Waals surface area contributed by atoms with Crippen LogP contribution in [0.2, 0.25) is 0 Å². The van der Waals surface area contributed by atoms with Crippen molar-refractivity contribution in [3.63, 3.8) is 0 Å². The molecule has 0 aliphatic rings. The fourth-order valence-corrected chi connectivity index (χ4v) is 1.83. The van der Waals surface area contributed by atoms with E-state index in [1.54, 1.807) is 23.0 Å². The number of aliphatic hydroxyl groups is 2. The third-order valence-electron chi connectivity index (χ3n) is 2.83. The Morgan fingerprint density at radius 2 is 2.26 bits per heavy atom. The number of rotatable bonds is 5. The second-order valence-corrected chi connectivity index (χ2v) is 4.27. The lowest BCUT2D eigenvalue weighted by molar-refractivity contribution is -0.119. The van der Waals surface area contributed by atoms with Gasteiger partial charge in [-0.15, -0.1) is 0 Å². The smallest absolute Gasteiger partial charge is 0.216 e. The molecule has 2 aromatic heterocycles. The Kier molecular flexibility index (Phi) is 4.08. The maximum Gasteiger partial charge on any atom is 0.216 e. The number of carbonyl (C=O) groups excluding carboxylic acids is 1. The quantitative estimate of drug-likeness (QED) is 0.685. The molecule has 0 saturated heterocycles. The Morgan fingerprint density at radius 3 is 3.00 bits per heavy atom. The van der Waals surface area contributed by atoms with Crippen molar-refractivity contribution in [2.45, 2.75) is 25.6 Å². The predicted octanol–water partition coefficient (Wildman–Crippen LogP) is -0.350. The van der Waals surface area contributed by atoms with Crippen molar-refractivity contribution in [3.05, 3.63) is 30.5 Å². The zero-order chi connectivity index (χ0) is 13.8. The lowest BCUT2D eigenvalue weighted by atomic mass is 10.1. The van der Waals surface area contributed by atoms with Crippen LogP contribution in [-0.4, -0.2) is 43.1 Å². The minimum absolute atomic E-state index is 0.164. The molecule has 3 N–H and O–H groups in total. The van der Waals surface area contributed by atoms with Crippen LogP contribution >= 0.6 is 0 Å². The predicted molar refractivity (Wildman–Crippen MR) is 67.3 cm³/mol. The summed E-state index contributed by atoms with van der Waals surface area (Å²) in [5.74, 6) is -0.164. The van der Waals surface area contributed by atoms with Crippen LogP contribution in [0.1, 0.15) is 25.1 Å². The molecule has 7 nitrogen and oxygen atoms in total. The van der Waals surface area contributed by atoms with Gasteiger partial charge in [0.05, 0.1) is 24.2 Å². The average molecular weight is 264 g/mol. The number of aliphatic hydroxyl groups excluding tert-OH is 2. The van der Waals surface area contributed by atoms with Gasteiger partial charge in [0.2, 0.25) is 5.91 Å². The maximum absolute atomic E-state index is 10.7. The highest BCUT2D eigenvalue weighted by molar-refractivity contribution is 5.72. The van der Waals surface area contributed by atoms with E-state index in [0.29, 0.717) is 17.9 Å². The van der Waals surface area contributed by atoms with E-state index in [1.807, 2.05) is 0 Å². The first kappa shape index (κ1) is 13.4. The fraction of sp³-hybridized carbons (Fsp3) is 0.417. The van der Waals surface area contributed by atoms with Gasteiger partial charge in [-0.1, -0.05) is 0 Å². The fourth-order valence-electron chi connectivity index (χ4n) is 1.83. The number of nitrogens with zero attached hydrogens (tertiary/aromatic N) is 3. The molecule has 0 radical (unpaired) electrons. The molecule has 1 amide bonds. The molecule has 0 aliphatic carbocycles. The number of nitrogens with one attached hydrogen (secondary N) is 1.